The first-order valence-corrected chi connectivity index (χ1v) is 5.05. The molecular weight excluding hydrogens is 220 g/mol. The lowest BCUT2D eigenvalue weighted by atomic mass is 10.1. The molecular formula is C12H12N2O3. The second kappa shape index (κ2) is 4.80. The zero-order valence-corrected chi connectivity index (χ0v) is 9.29. The van der Waals surface area contributed by atoms with Crippen LogP contribution in [0.25, 0.3) is 11.3 Å². The van der Waals surface area contributed by atoms with Crippen molar-refractivity contribution in [3.05, 3.63) is 36.2 Å². The first kappa shape index (κ1) is 11.3. The number of aromatic nitrogens is 2. The minimum atomic E-state index is -0.247. The van der Waals surface area contributed by atoms with Crippen LogP contribution in [0.15, 0.2) is 30.5 Å². The highest BCUT2D eigenvalue weighted by molar-refractivity contribution is 5.68. The van der Waals surface area contributed by atoms with Crippen molar-refractivity contribution >= 4 is 0 Å². The van der Waals surface area contributed by atoms with Gasteiger partial charge in [-0.2, -0.15) is 0 Å². The maximum atomic E-state index is 9.71. The summed E-state index contributed by atoms with van der Waals surface area (Å²) in [6.45, 7) is -0.247. The Kier molecular flexibility index (Phi) is 3.20. The molecule has 0 saturated heterocycles. The summed E-state index contributed by atoms with van der Waals surface area (Å²) >= 11 is 0. The number of aliphatic hydroxyl groups excluding tert-OH is 1. The molecule has 0 radical (unpaired) electrons. The van der Waals surface area contributed by atoms with Gasteiger partial charge in [0, 0.05) is 17.8 Å². The monoisotopic (exact) mass is 232 g/mol. The van der Waals surface area contributed by atoms with Crippen LogP contribution in [0.3, 0.4) is 0 Å². The number of hydrogen-bond donors (Lipinski definition) is 2. The van der Waals surface area contributed by atoms with E-state index in [4.69, 9.17) is 4.74 Å². The number of methoxy groups -OCH3 is 1. The van der Waals surface area contributed by atoms with Crippen molar-refractivity contribution in [2.75, 3.05) is 7.11 Å². The third-order valence-electron chi connectivity index (χ3n) is 2.35. The molecule has 2 rings (SSSR count). The minimum absolute atomic E-state index is 0.0502. The van der Waals surface area contributed by atoms with Crippen molar-refractivity contribution in [2.24, 2.45) is 0 Å². The van der Waals surface area contributed by atoms with Crippen LogP contribution in [-0.4, -0.2) is 27.3 Å². The van der Waals surface area contributed by atoms with E-state index in [9.17, 15) is 10.2 Å². The summed E-state index contributed by atoms with van der Waals surface area (Å²) in [6.07, 6.45) is 1.57. The number of aliphatic hydroxyl groups is 1. The molecule has 0 saturated carbocycles. The summed E-state index contributed by atoms with van der Waals surface area (Å²) in [5.74, 6) is 0.461. The fraction of sp³-hybridized carbons (Fsp3) is 0.167. The maximum Gasteiger partial charge on any atom is 0.213 e. The number of ether oxygens (including phenoxy) is 1. The van der Waals surface area contributed by atoms with Crippen LogP contribution in [0.5, 0.6) is 11.6 Å². The fourth-order valence-electron chi connectivity index (χ4n) is 1.54. The van der Waals surface area contributed by atoms with Crippen LogP contribution < -0.4 is 4.74 Å². The molecule has 0 aliphatic heterocycles. The molecule has 0 fully saturated rings. The Morgan fingerprint density at radius 1 is 1.29 bits per heavy atom. The van der Waals surface area contributed by atoms with Crippen molar-refractivity contribution in [3.63, 3.8) is 0 Å². The van der Waals surface area contributed by atoms with E-state index in [1.54, 1.807) is 24.4 Å². The average Bonchev–Trinajstić information content (AvgIpc) is 2.38. The van der Waals surface area contributed by atoms with E-state index in [1.165, 1.54) is 13.2 Å². The molecule has 5 nitrogen and oxygen atoms in total. The molecule has 0 aliphatic rings. The summed E-state index contributed by atoms with van der Waals surface area (Å²) in [5, 5.41) is 19.0. The van der Waals surface area contributed by atoms with Crippen LogP contribution in [-0.2, 0) is 6.61 Å². The molecule has 2 aromatic heterocycles. The summed E-state index contributed by atoms with van der Waals surface area (Å²) in [6, 6.07) is 6.53. The SMILES string of the molecule is COc1ccc(-c2ncccc2O)c(CO)n1. The number of pyridine rings is 2. The third kappa shape index (κ3) is 2.19. The lowest BCUT2D eigenvalue weighted by Crippen LogP contribution is -1.98. The van der Waals surface area contributed by atoms with Crippen molar-refractivity contribution in [2.45, 2.75) is 6.61 Å². The van der Waals surface area contributed by atoms with E-state index in [2.05, 4.69) is 9.97 Å². The molecule has 2 N–H and O–H groups in total. The van der Waals surface area contributed by atoms with Crippen molar-refractivity contribution < 1.29 is 14.9 Å². The molecule has 2 heterocycles. The van der Waals surface area contributed by atoms with Crippen LogP contribution in [0, 0.1) is 0 Å². The second-order valence-corrected chi connectivity index (χ2v) is 3.38. The number of nitrogens with zero attached hydrogens (tertiary/aromatic N) is 2. The maximum absolute atomic E-state index is 9.71. The Bertz CT molecular complexity index is 529. The van der Waals surface area contributed by atoms with E-state index in [0.29, 0.717) is 22.8 Å². The van der Waals surface area contributed by atoms with Gasteiger partial charge in [-0.05, 0) is 18.2 Å². The number of aromatic hydroxyl groups is 1. The van der Waals surface area contributed by atoms with Gasteiger partial charge in [-0.25, -0.2) is 4.98 Å². The Morgan fingerprint density at radius 3 is 2.76 bits per heavy atom. The molecule has 17 heavy (non-hydrogen) atoms. The van der Waals surface area contributed by atoms with Gasteiger partial charge in [-0.15, -0.1) is 0 Å². The quantitative estimate of drug-likeness (QED) is 0.835. The Balaban J connectivity index is 2.56. The zero-order chi connectivity index (χ0) is 12.3. The van der Waals surface area contributed by atoms with Crippen LogP contribution in [0.1, 0.15) is 5.69 Å². The summed E-state index contributed by atoms with van der Waals surface area (Å²) in [4.78, 5) is 8.17. The van der Waals surface area contributed by atoms with E-state index < -0.39 is 0 Å². The largest absolute Gasteiger partial charge is 0.506 e. The number of rotatable bonds is 3. The van der Waals surface area contributed by atoms with Crippen molar-refractivity contribution in [1.82, 2.24) is 9.97 Å². The topological polar surface area (TPSA) is 75.5 Å². The molecule has 0 bridgehead atoms. The normalized spacial score (nSPS) is 10.2. The predicted molar refractivity (Wildman–Crippen MR) is 61.6 cm³/mol. The molecule has 0 spiro atoms. The highest BCUT2D eigenvalue weighted by Gasteiger charge is 2.12. The lowest BCUT2D eigenvalue weighted by Gasteiger charge is -2.09. The Hall–Kier alpha value is -2.14. The van der Waals surface area contributed by atoms with Gasteiger partial charge < -0.3 is 14.9 Å². The highest BCUT2D eigenvalue weighted by atomic mass is 16.5. The summed E-state index contributed by atoms with van der Waals surface area (Å²) in [7, 11) is 1.50. The van der Waals surface area contributed by atoms with Crippen molar-refractivity contribution in [3.8, 4) is 22.9 Å². The number of hydrogen-bond acceptors (Lipinski definition) is 5. The van der Waals surface area contributed by atoms with Gasteiger partial charge in [-0.3, -0.25) is 4.98 Å². The molecule has 0 aliphatic carbocycles. The van der Waals surface area contributed by atoms with E-state index >= 15 is 0 Å². The van der Waals surface area contributed by atoms with Crippen LogP contribution >= 0.6 is 0 Å². The molecule has 88 valence electrons. The average molecular weight is 232 g/mol. The van der Waals surface area contributed by atoms with Crippen LogP contribution in [0.4, 0.5) is 0 Å². The molecule has 2 aromatic rings. The molecule has 0 aromatic carbocycles. The predicted octanol–water partition coefficient (Wildman–Crippen LogP) is 1.35. The minimum Gasteiger partial charge on any atom is -0.506 e. The first-order valence-electron chi connectivity index (χ1n) is 5.05. The van der Waals surface area contributed by atoms with Gasteiger partial charge in [0.15, 0.2) is 0 Å². The van der Waals surface area contributed by atoms with Gasteiger partial charge in [0.25, 0.3) is 0 Å². The highest BCUT2D eigenvalue weighted by Crippen LogP contribution is 2.29. The first-order chi connectivity index (χ1) is 8.26. The van der Waals surface area contributed by atoms with Gasteiger partial charge >= 0.3 is 0 Å². The Labute approximate surface area is 98.4 Å². The van der Waals surface area contributed by atoms with E-state index in [0.717, 1.165) is 0 Å². The summed E-state index contributed by atoms with van der Waals surface area (Å²) < 4.78 is 4.97. The zero-order valence-electron chi connectivity index (χ0n) is 9.29. The summed E-state index contributed by atoms with van der Waals surface area (Å²) in [5.41, 5.74) is 1.40. The fourth-order valence-corrected chi connectivity index (χ4v) is 1.54. The van der Waals surface area contributed by atoms with Crippen LogP contribution in [0.2, 0.25) is 0 Å². The van der Waals surface area contributed by atoms with Crippen molar-refractivity contribution in [1.29, 1.82) is 0 Å². The second-order valence-electron chi connectivity index (χ2n) is 3.38. The molecule has 0 amide bonds. The molecule has 5 heteroatoms. The van der Waals surface area contributed by atoms with Gasteiger partial charge in [0.1, 0.15) is 11.4 Å². The smallest absolute Gasteiger partial charge is 0.213 e. The van der Waals surface area contributed by atoms with E-state index in [-0.39, 0.29) is 12.4 Å². The van der Waals surface area contributed by atoms with Gasteiger partial charge in [-0.1, -0.05) is 0 Å². The standard InChI is InChI=1S/C12H12N2O3/c1-17-11-5-4-8(9(7-15)14-11)12-10(16)3-2-6-13-12/h2-6,15-16H,7H2,1H3. The van der Waals surface area contributed by atoms with Gasteiger partial charge in [0.2, 0.25) is 5.88 Å². The molecule has 0 unspecified atom stereocenters. The molecule has 0 atom stereocenters. The lowest BCUT2D eigenvalue weighted by molar-refractivity contribution is 0.275. The van der Waals surface area contributed by atoms with E-state index in [1.807, 2.05) is 0 Å². The Morgan fingerprint density at radius 2 is 2.12 bits per heavy atom. The third-order valence-corrected chi connectivity index (χ3v) is 2.35. The van der Waals surface area contributed by atoms with Gasteiger partial charge in [0.05, 0.1) is 19.4 Å².